The summed E-state index contributed by atoms with van der Waals surface area (Å²) < 4.78 is 5.87. The number of piperazine rings is 1. The van der Waals surface area contributed by atoms with E-state index in [4.69, 9.17) is 4.74 Å². The highest BCUT2D eigenvalue weighted by atomic mass is 16.5. The summed E-state index contributed by atoms with van der Waals surface area (Å²) >= 11 is 0. The highest BCUT2D eigenvalue weighted by Crippen LogP contribution is 2.34. The largest absolute Gasteiger partial charge is 0.375 e. The van der Waals surface area contributed by atoms with Crippen molar-refractivity contribution in [3.63, 3.8) is 0 Å². The van der Waals surface area contributed by atoms with Gasteiger partial charge in [0.1, 0.15) is 0 Å². The molecule has 0 spiro atoms. The number of nitrogens with zero attached hydrogens (tertiary/aromatic N) is 1. The van der Waals surface area contributed by atoms with Gasteiger partial charge in [0.15, 0.2) is 0 Å². The van der Waals surface area contributed by atoms with Crippen molar-refractivity contribution in [2.24, 2.45) is 5.92 Å². The Morgan fingerprint density at radius 2 is 2.00 bits per heavy atom. The second-order valence-electron chi connectivity index (χ2n) is 6.87. The Morgan fingerprint density at radius 3 is 2.56 bits per heavy atom. The molecule has 0 aromatic heterocycles. The van der Waals surface area contributed by atoms with E-state index in [-0.39, 0.29) is 5.60 Å². The van der Waals surface area contributed by atoms with Crippen molar-refractivity contribution in [1.29, 1.82) is 0 Å². The molecule has 3 nitrogen and oxygen atoms in total. The van der Waals surface area contributed by atoms with Crippen LogP contribution in [-0.2, 0) is 4.74 Å². The van der Waals surface area contributed by atoms with Crippen LogP contribution in [0.1, 0.15) is 47.0 Å². The first kappa shape index (κ1) is 14.3. The van der Waals surface area contributed by atoms with E-state index in [1.807, 2.05) is 0 Å². The molecule has 1 heterocycles. The molecule has 3 heteroatoms. The van der Waals surface area contributed by atoms with Gasteiger partial charge < -0.3 is 10.1 Å². The maximum Gasteiger partial charge on any atom is 0.0600 e. The highest BCUT2D eigenvalue weighted by Gasteiger charge is 2.36. The van der Waals surface area contributed by atoms with Crippen LogP contribution in [0.2, 0.25) is 0 Å². The van der Waals surface area contributed by atoms with Crippen molar-refractivity contribution in [2.45, 2.75) is 64.6 Å². The second kappa shape index (κ2) is 5.89. The molecule has 18 heavy (non-hydrogen) atoms. The first-order chi connectivity index (χ1) is 8.49. The molecule has 1 aliphatic heterocycles. The van der Waals surface area contributed by atoms with E-state index in [0.717, 1.165) is 31.7 Å². The molecule has 2 rings (SSSR count). The van der Waals surface area contributed by atoms with Crippen molar-refractivity contribution >= 4 is 0 Å². The molecule has 1 N–H and O–H groups in total. The van der Waals surface area contributed by atoms with Gasteiger partial charge in [-0.2, -0.15) is 0 Å². The average molecular weight is 254 g/mol. The quantitative estimate of drug-likeness (QED) is 0.814. The normalized spacial score (nSPS) is 30.7. The third-order valence-corrected chi connectivity index (χ3v) is 4.14. The van der Waals surface area contributed by atoms with Crippen LogP contribution in [0.15, 0.2) is 0 Å². The summed E-state index contributed by atoms with van der Waals surface area (Å²) in [6.07, 6.45) is 4.10. The lowest BCUT2D eigenvalue weighted by atomic mass is 10.0. The lowest BCUT2D eigenvalue weighted by Gasteiger charge is -2.40. The van der Waals surface area contributed by atoms with Crippen molar-refractivity contribution in [3.8, 4) is 0 Å². The predicted molar refractivity (Wildman–Crippen MR) is 75.9 cm³/mol. The molecular formula is C15H30N2O. The molecule has 2 atom stereocenters. The van der Waals surface area contributed by atoms with Crippen LogP contribution < -0.4 is 5.32 Å². The molecule has 2 unspecified atom stereocenters. The number of hydrogen-bond acceptors (Lipinski definition) is 3. The molecule has 2 fully saturated rings. The van der Waals surface area contributed by atoms with Crippen molar-refractivity contribution < 1.29 is 4.74 Å². The van der Waals surface area contributed by atoms with Crippen LogP contribution in [0, 0.1) is 5.92 Å². The maximum absolute atomic E-state index is 5.87. The van der Waals surface area contributed by atoms with E-state index in [0.29, 0.717) is 6.04 Å². The summed E-state index contributed by atoms with van der Waals surface area (Å²) in [7, 11) is 0. The molecule has 2 aliphatic rings. The van der Waals surface area contributed by atoms with Gasteiger partial charge in [0.25, 0.3) is 0 Å². The molecule has 1 saturated heterocycles. The summed E-state index contributed by atoms with van der Waals surface area (Å²) in [5.74, 6) is 0.953. The lowest BCUT2D eigenvalue weighted by molar-refractivity contribution is -0.0230. The molecule has 1 aliphatic carbocycles. The Hall–Kier alpha value is -0.120. The summed E-state index contributed by atoms with van der Waals surface area (Å²) in [4.78, 5) is 2.64. The third kappa shape index (κ3) is 4.22. The Morgan fingerprint density at radius 1 is 1.28 bits per heavy atom. The summed E-state index contributed by atoms with van der Waals surface area (Å²) in [6, 6.07) is 1.44. The third-order valence-electron chi connectivity index (χ3n) is 4.14. The molecule has 0 aromatic rings. The Balaban J connectivity index is 1.78. The van der Waals surface area contributed by atoms with Crippen LogP contribution in [0.25, 0.3) is 0 Å². The number of rotatable bonds is 5. The molecule has 0 bridgehead atoms. The Labute approximate surface area is 112 Å². The van der Waals surface area contributed by atoms with E-state index < -0.39 is 0 Å². The fraction of sp³-hybridized carbons (Fsp3) is 1.00. The number of nitrogens with one attached hydrogen (secondary N) is 1. The van der Waals surface area contributed by atoms with Gasteiger partial charge in [0, 0.05) is 31.7 Å². The van der Waals surface area contributed by atoms with Gasteiger partial charge in [-0.3, -0.25) is 4.90 Å². The Bertz CT molecular complexity index is 258. The van der Waals surface area contributed by atoms with Crippen molar-refractivity contribution in [3.05, 3.63) is 0 Å². The summed E-state index contributed by atoms with van der Waals surface area (Å²) in [6.45, 7) is 13.0. The lowest BCUT2D eigenvalue weighted by Crippen LogP contribution is -2.57. The Kier molecular flexibility index (Phi) is 4.68. The first-order valence-electron chi connectivity index (χ1n) is 7.61. The van der Waals surface area contributed by atoms with Gasteiger partial charge in [-0.15, -0.1) is 0 Å². The molecular weight excluding hydrogens is 224 g/mol. The maximum atomic E-state index is 5.87. The second-order valence-corrected chi connectivity index (χ2v) is 6.87. The van der Waals surface area contributed by atoms with Gasteiger partial charge in [0.2, 0.25) is 0 Å². The smallest absolute Gasteiger partial charge is 0.0600 e. The fourth-order valence-corrected chi connectivity index (χ4v) is 2.84. The van der Waals surface area contributed by atoms with Crippen LogP contribution >= 0.6 is 0 Å². The molecule has 0 aromatic carbocycles. The van der Waals surface area contributed by atoms with Crippen LogP contribution in [0.5, 0.6) is 0 Å². The van der Waals surface area contributed by atoms with Crippen LogP contribution in [0.3, 0.4) is 0 Å². The fourth-order valence-electron chi connectivity index (χ4n) is 2.84. The van der Waals surface area contributed by atoms with E-state index in [2.05, 4.69) is 37.9 Å². The summed E-state index contributed by atoms with van der Waals surface area (Å²) in [5.41, 5.74) is -0.00829. The van der Waals surface area contributed by atoms with Crippen molar-refractivity contribution in [2.75, 3.05) is 26.2 Å². The van der Waals surface area contributed by atoms with Gasteiger partial charge in [-0.25, -0.2) is 0 Å². The average Bonchev–Trinajstić information content (AvgIpc) is 3.11. The van der Waals surface area contributed by atoms with E-state index in [1.54, 1.807) is 0 Å². The SMILES string of the molecule is CCC1CNC(C2CC2)CN1CCOC(C)(C)C. The standard InChI is InChI=1S/C15H30N2O/c1-5-13-10-16-14(12-6-7-12)11-17(13)8-9-18-15(2,3)4/h12-14,16H,5-11H2,1-4H3. The highest BCUT2D eigenvalue weighted by molar-refractivity contribution is 4.94. The van der Waals surface area contributed by atoms with Gasteiger partial charge >= 0.3 is 0 Å². The monoisotopic (exact) mass is 254 g/mol. The minimum absolute atomic E-state index is 0.00829. The minimum atomic E-state index is -0.00829. The zero-order valence-electron chi connectivity index (χ0n) is 12.5. The zero-order valence-corrected chi connectivity index (χ0v) is 12.5. The topological polar surface area (TPSA) is 24.5 Å². The van der Waals surface area contributed by atoms with E-state index in [9.17, 15) is 0 Å². The van der Waals surface area contributed by atoms with E-state index >= 15 is 0 Å². The summed E-state index contributed by atoms with van der Waals surface area (Å²) in [5, 5.41) is 3.74. The van der Waals surface area contributed by atoms with Crippen LogP contribution in [-0.4, -0.2) is 48.8 Å². The molecule has 106 valence electrons. The minimum Gasteiger partial charge on any atom is -0.375 e. The number of hydrogen-bond donors (Lipinski definition) is 1. The predicted octanol–water partition coefficient (Wildman–Crippen LogP) is 2.26. The van der Waals surface area contributed by atoms with Crippen LogP contribution in [0.4, 0.5) is 0 Å². The first-order valence-corrected chi connectivity index (χ1v) is 7.61. The van der Waals surface area contributed by atoms with Gasteiger partial charge in [0.05, 0.1) is 12.2 Å². The van der Waals surface area contributed by atoms with Gasteiger partial charge in [-0.1, -0.05) is 6.92 Å². The zero-order chi connectivity index (χ0) is 13.2. The molecule has 1 saturated carbocycles. The van der Waals surface area contributed by atoms with Gasteiger partial charge in [-0.05, 0) is 46.0 Å². The molecule has 0 amide bonds. The molecule has 0 radical (unpaired) electrons. The van der Waals surface area contributed by atoms with Crippen molar-refractivity contribution in [1.82, 2.24) is 10.2 Å². The number of ether oxygens (including phenoxy) is 1. The van der Waals surface area contributed by atoms with E-state index in [1.165, 1.54) is 25.8 Å².